The van der Waals surface area contributed by atoms with Crippen LogP contribution in [0.5, 0.6) is 0 Å². The Morgan fingerprint density at radius 2 is 1.60 bits per heavy atom. The van der Waals surface area contributed by atoms with E-state index in [2.05, 4.69) is 0 Å². The number of halogens is 3. The van der Waals surface area contributed by atoms with Gasteiger partial charge in [-0.2, -0.15) is 0 Å². The van der Waals surface area contributed by atoms with Crippen molar-refractivity contribution < 1.29 is 23.5 Å². The van der Waals surface area contributed by atoms with E-state index >= 15 is 0 Å². The Morgan fingerprint density at radius 1 is 0.933 bits per heavy atom. The molecule has 0 spiro atoms. The number of rotatable bonds is 3. The van der Waals surface area contributed by atoms with Gasteiger partial charge in [-0.3, -0.25) is 14.5 Å². The molecule has 3 aromatic carbocycles. The zero-order valence-electron chi connectivity index (χ0n) is 15.4. The highest BCUT2D eigenvalue weighted by Gasteiger charge is 2.47. The van der Waals surface area contributed by atoms with Crippen LogP contribution in [-0.2, 0) is 9.59 Å². The van der Waals surface area contributed by atoms with Gasteiger partial charge >= 0.3 is 0 Å². The van der Waals surface area contributed by atoms with Crippen molar-refractivity contribution >= 4 is 34.7 Å². The Morgan fingerprint density at radius 3 is 2.23 bits per heavy atom. The molecule has 4 nitrogen and oxygen atoms in total. The predicted octanol–water partition coefficient (Wildman–Crippen LogP) is 5.24. The first kappa shape index (κ1) is 19.8. The van der Waals surface area contributed by atoms with Crippen molar-refractivity contribution in [3.8, 4) is 0 Å². The fraction of sp³-hybridized carbons (Fsp3) is 0.0435. The molecule has 1 fully saturated rings. The molecule has 3 aromatic rings. The Kier molecular flexibility index (Phi) is 5.10. The first-order valence-corrected chi connectivity index (χ1v) is 9.33. The Balaban J connectivity index is 1.96. The van der Waals surface area contributed by atoms with Crippen molar-refractivity contribution in [3.63, 3.8) is 0 Å². The molecule has 1 saturated heterocycles. The maximum atomic E-state index is 14.5. The van der Waals surface area contributed by atoms with Gasteiger partial charge in [-0.05, 0) is 42.0 Å². The summed E-state index contributed by atoms with van der Waals surface area (Å²) in [5, 5.41) is 11.3. The number of hydrogen-bond acceptors (Lipinski definition) is 3. The second kappa shape index (κ2) is 7.72. The number of ketones is 1. The minimum Gasteiger partial charge on any atom is -0.507 e. The van der Waals surface area contributed by atoms with E-state index in [0.29, 0.717) is 16.7 Å². The molecular weight excluding hydrogens is 412 g/mol. The minimum atomic E-state index is -1.10. The second-order valence-corrected chi connectivity index (χ2v) is 7.12. The number of amides is 1. The van der Waals surface area contributed by atoms with Gasteiger partial charge in [-0.25, -0.2) is 8.78 Å². The number of nitrogens with zero attached hydrogens (tertiary/aromatic N) is 1. The number of aliphatic hydroxyl groups excluding tert-OH is 1. The number of Topliss-reactive ketones (excluding diaryl/α,β-unsaturated/α-hetero) is 1. The van der Waals surface area contributed by atoms with Gasteiger partial charge < -0.3 is 5.11 Å². The SMILES string of the molecule is O=C1C(=O)N(c2ccc(F)cc2F)C(c2ccccc2)/C1=C(\O)c1ccc(Cl)cc1. The van der Waals surface area contributed by atoms with Crippen LogP contribution in [0.15, 0.2) is 78.4 Å². The molecule has 1 N–H and O–H groups in total. The molecule has 0 aromatic heterocycles. The standard InChI is InChI=1S/C23H14ClF2NO3/c24-15-8-6-14(7-9-15)21(28)19-20(13-4-2-1-3-5-13)27(23(30)22(19)29)18-11-10-16(25)12-17(18)26/h1-12,20,28H/b21-19+. The molecule has 0 bridgehead atoms. The van der Waals surface area contributed by atoms with Gasteiger partial charge in [0, 0.05) is 16.7 Å². The van der Waals surface area contributed by atoms with Gasteiger partial charge in [-0.1, -0.05) is 41.9 Å². The topological polar surface area (TPSA) is 57.6 Å². The summed E-state index contributed by atoms with van der Waals surface area (Å²) in [5.41, 5.74) is 0.300. The molecule has 0 aliphatic carbocycles. The van der Waals surface area contributed by atoms with Crippen LogP contribution in [0.25, 0.3) is 5.76 Å². The van der Waals surface area contributed by atoms with Crippen molar-refractivity contribution in [2.24, 2.45) is 0 Å². The zero-order valence-corrected chi connectivity index (χ0v) is 16.1. The van der Waals surface area contributed by atoms with Gasteiger partial charge in [0.1, 0.15) is 17.4 Å². The molecule has 30 heavy (non-hydrogen) atoms. The van der Waals surface area contributed by atoms with Crippen molar-refractivity contribution in [1.82, 2.24) is 0 Å². The average molecular weight is 426 g/mol. The lowest BCUT2D eigenvalue weighted by Crippen LogP contribution is -2.30. The van der Waals surface area contributed by atoms with E-state index in [0.717, 1.165) is 17.0 Å². The highest BCUT2D eigenvalue weighted by atomic mass is 35.5. The zero-order chi connectivity index (χ0) is 21.4. The maximum Gasteiger partial charge on any atom is 0.300 e. The molecule has 7 heteroatoms. The Hall–Kier alpha value is -3.51. The summed E-state index contributed by atoms with van der Waals surface area (Å²) < 4.78 is 28.0. The van der Waals surface area contributed by atoms with E-state index < -0.39 is 35.1 Å². The third-order valence-electron chi connectivity index (χ3n) is 4.85. The van der Waals surface area contributed by atoms with E-state index in [1.54, 1.807) is 30.3 Å². The molecule has 1 aliphatic heterocycles. The van der Waals surface area contributed by atoms with Crippen LogP contribution in [0.1, 0.15) is 17.2 Å². The number of carbonyl (C=O) groups is 2. The number of carbonyl (C=O) groups excluding carboxylic acids is 2. The number of hydrogen-bond donors (Lipinski definition) is 1. The largest absolute Gasteiger partial charge is 0.507 e. The van der Waals surface area contributed by atoms with Gasteiger partial charge in [-0.15, -0.1) is 0 Å². The summed E-state index contributed by atoms with van der Waals surface area (Å²) in [6.07, 6.45) is 0. The predicted molar refractivity (Wildman–Crippen MR) is 109 cm³/mol. The first-order chi connectivity index (χ1) is 14.4. The van der Waals surface area contributed by atoms with E-state index in [1.807, 2.05) is 0 Å². The van der Waals surface area contributed by atoms with Gasteiger partial charge in [0.15, 0.2) is 0 Å². The number of aliphatic hydroxyl groups is 1. The lowest BCUT2D eigenvalue weighted by Gasteiger charge is -2.25. The average Bonchev–Trinajstić information content (AvgIpc) is 3.00. The summed E-state index contributed by atoms with van der Waals surface area (Å²) in [4.78, 5) is 26.7. The minimum absolute atomic E-state index is 0.197. The van der Waals surface area contributed by atoms with Gasteiger partial charge in [0.2, 0.25) is 0 Å². The third-order valence-corrected chi connectivity index (χ3v) is 5.10. The highest BCUT2D eigenvalue weighted by Crippen LogP contribution is 2.42. The van der Waals surface area contributed by atoms with Crippen molar-refractivity contribution in [2.45, 2.75) is 6.04 Å². The van der Waals surface area contributed by atoms with Crippen LogP contribution in [0.3, 0.4) is 0 Å². The van der Waals surface area contributed by atoms with Crippen LogP contribution in [0.2, 0.25) is 5.02 Å². The molecular formula is C23H14ClF2NO3. The number of benzene rings is 3. The Bertz CT molecular complexity index is 1180. The molecule has 0 radical (unpaired) electrons. The normalized spacial score (nSPS) is 18.1. The number of anilines is 1. The van der Waals surface area contributed by atoms with Crippen LogP contribution in [0.4, 0.5) is 14.5 Å². The van der Waals surface area contributed by atoms with Crippen molar-refractivity contribution in [2.75, 3.05) is 4.90 Å². The van der Waals surface area contributed by atoms with Crippen LogP contribution < -0.4 is 4.90 Å². The highest BCUT2D eigenvalue weighted by molar-refractivity contribution is 6.51. The lowest BCUT2D eigenvalue weighted by atomic mass is 9.95. The first-order valence-electron chi connectivity index (χ1n) is 8.95. The van der Waals surface area contributed by atoms with E-state index in [-0.39, 0.29) is 16.8 Å². The van der Waals surface area contributed by atoms with Crippen LogP contribution in [-0.4, -0.2) is 16.8 Å². The fourth-order valence-electron chi connectivity index (χ4n) is 3.47. The lowest BCUT2D eigenvalue weighted by molar-refractivity contribution is -0.132. The summed E-state index contributed by atoms with van der Waals surface area (Å²) in [6, 6.07) is 16.1. The van der Waals surface area contributed by atoms with E-state index in [1.165, 1.54) is 24.3 Å². The fourth-order valence-corrected chi connectivity index (χ4v) is 3.60. The van der Waals surface area contributed by atoms with Crippen molar-refractivity contribution in [3.05, 3.63) is 106 Å². The summed E-state index contributed by atoms with van der Waals surface area (Å²) >= 11 is 5.89. The summed E-state index contributed by atoms with van der Waals surface area (Å²) in [7, 11) is 0. The second-order valence-electron chi connectivity index (χ2n) is 6.68. The molecule has 1 aliphatic rings. The maximum absolute atomic E-state index is 14.5. The van der Waals surface area contributed by atoms with E-state index in [9.17, 15) is 23.5 Å². The molecule has 1 amide bonds. The molecule has 1 unspecified atom stereocenters. The molecule has 4 rings (SSSR count). The smallest absolute Gasteiger partial charge is 0.300 e. The summed E-state index contributed by atoms with van der Waals surface area (Å²) in [5.74, 6) is -4.22. The molecule has 1 atom stereocenters. The van der Waals surface area contributed by atoms with E-state index in [4.69, 9.17) is 11.6 Å². The van der Waals surface area contributed by atoms with Crippen LogP contribution in [0, 0.1) is 11.6 Å². The molecule has 0 saturated carbocycles. The Labute approximate surface area is 175 Å². The quantitative estimate of drug-likeness (QED) is 0.354. The van der Waals surface area contributed by atoms with Crippen LogP contribution >= 0.6 is 11.6 Å². The summed E-state index contributed by atoms with van der Waals surface area (Å²) in [6.45, 7) is 0. The molecule has 1 heterocycles. The van der Waals surface area contributed by atoms with Gasteiger partial charge in [0.05, 0.1) is 17.3 Å². The monoisotopic (exact) mass is 425 g/mol. The molecule has 150 valence electrons. The van der Waals surface area contributed by atoms with Crippen molar-refractivity contribution in [1.29, 1.82) is 0 Å². The van der Waals surface area contributed by atoms with Gasteiger partial charge in [0.25, 0.3) is 11.7 Å². The third kappa shape index (κ3) is 3.35.